The van der Waals surface area contributed by atoms with Crippen molar-refractivity contribution in [1.29, 1.82) is 0 Å². The first-order valence-electron chi connectivity index (χ1n) is 7.18. The fraction of sp³-hybridized carbons (Fsp3) is 0.625. The lowest BCUT2D eigenvalue weighted by atomic mass is 9.99. The lowest BCUT2D eigenvalue weighted by Gasteiger charge is -2.34. The predicted octanol–water partition coefficient (Wildman–Crippen LogP) is 2.99. The summed E-state index contributed by atoms with van der Waals surface area (Å²) in [5.41, 5.74) is 2.90. The zero-order chi connectivity index (χ0) is 13.0. The SMILES string of the molecule is Cc1ccccc1C(C)N1CCCNCC(C)C1. The van der Waals surface area contributed by atoms with Crippen LogP contribution in [0.15, 0.2) is 24.3 Å². The molecule has 18 heavy (non-hydrogen) atoms. The van der Waals surface area contributed by atoms with Crippen molar-refractivity contribution in [1.82, 2.24) is 10.2 Å². The Hall–Kier alpha value is -0.860. The van der Waals surface area contributed by atoms with Crippen LogP contribution in [0.1, 0.15) is 37.4 Å². The zero-order valence-corrected chi connectivity index (χ0v) is 11.9. The molecule has 1 aromatic carbocycles. The number of benzene rings is 1. The van der Waals surface area contributed by atoms with Gasteiger partial charge in [0.2, 0.25) is 0 Å². The Bertz CT molecular complexity index is 375. The van der Waals surface area contributed by atoms with E-state index >= 15 is 0 Å². The molecule has 2 nitrogen and oxygen atoms in total. The van der Waals surface area contributed by atoms with Crippen LogP contribution >= 0.6 is 0 Å². The largest absolute Gasteiger partial charge is 0.316 e. The Kier molecular flexibility index (Phi) is 4.79. The van der Waals surface area contributed by atoms with Crippen molar-refractivity contribution in [2.24, 2.45) is 5.92 Å². The molecule has 2 heteroatoms. The molecule has 0 amide bonds. The van der Waals surface area contributed by atoms with E-state index in [2.05, 4.69) is 55.3 Å². The summed E-state index contributed by atoms with van der Waals surface area (Å²) in [6, 6.07) is 9.33. The summed E-state index contributed by atoms with van der Waals surface area (Å²) in [6.45, 7) is 11.6. The molecular formula is C16H26N2. The molecule has 0 aromatic heterocycles. The van der Waals surface area contributed by atoms with Crippen LogP contribution in [0.4, 0.5) is 0 Å². The lowest BCUT2D eigenvalue weighted by Crippen LogP contribution is -2.40. The molecule has 1 heterocycles. The summed E-state index contributed by atoms with van der Waals surface area (Å²) >= 11 is 0. The number of hydrogen-bond donors (Lipinski definition) is 1. The van der Waals surface area contributed by atoms with Gasteiger partial charge in [0.25, 0.3) is 0 Å². The van der Waals surface area contributed by atoms with E-state index in [0.717, 1.165) is 19.0 Å². The van der Waals surface area contributed by atoms with Crippen molar-refractivity contribution >= 4 is 0 Å². The summed E-state index contributed by atoms with van der Waals surface area (Å²) < 4.78 is 0. The average Bonchev–Trinajstić information content (AvgIpc) is 2.33. The van der Waals surface area contributed by atoms with Crippen LogP contribution in [0, 0.1) is 12.8 Å². The van der Waals surface area contributed by atoms with Gasteiger partial charge in [-0.05, 0) is 56.9 Å². The highest BCUT2D eigenvalue weighted by Crippen LogP contribution is 2.24. The minimum Gasteiger partial charge on any atom is -0.316 e. The first-order valence-corrected chi connectivity index (χ1v) is 7.18. The van der Waals surface area contributed by atoms with Gasteiger partial charge in [-0.1, -0.05) is 31.2 Å². The van der Waals surface area contributed by atoms with Crippen LogP contribution < -0.4 is 5.32 Å². The van der Waals surface area contributed by atoms with Crippen LogP contribution in [0.5, 0.6) is 0 Å². The molecule has 1 saturated heterocycles. The third kappa shape index (κ3) is 3.33. The average molecular weight is 246 g/mol. The molecule has 1 N–H and O–H groups in total. The summed E-state index contributed by atoms with van der Waals surface area (Å²) in [7, 11) is 0. The third-order valence-corrected chi connectivity index (χ3v) is 4.02. The first-order chi connectivity index (χ1) is 8.68. The standard InChI is InChI=1S/C16H26N2/c1-13-11-17-9-6-10-18(12-13)15(3)16-8-5-4-7-14(16)2/h4-5,7-8,13,15,17H,6,9-12H2,1-3H3. The van der Waals surface area contributed by atoms with E-state index in [0.29, 0.717) is 6.04 Å². The molecule has 1 fully saturated rings. The van der Waals surface area contributed by atoms with E-state index < -0.39 is 0 Å². The molecule has 1 aliphatic heterocycles. The maximum atomic E-state index is 3.52. The van der Waals surface area contributed by atoms with Crippen LogP contribution in [-0.2, 0) is 0 Å². The second-order valence-electron chi connectivity index (χ2n) is 5.69. The number of aryl methyl sites for hydroxylation is 1. The van der Waals surface area contributed by atoms with Gasteiger partial charge >= 0.3 is 0 Å². The van der Waals surface area contributed by atoms with E-state index in [9.17, 15) is 0 Å². The van der Waals surface area contributed by atoms with Crippen molar-refractivity contribution in [3.63, 3.8) is 0 Å². The van der Waals surface area contributed by atoms with Crippen molar-refractivity contribution in [3.05, 3.63) is 35.4 Å². The molecule has 1 aromatic rings. The van der Waals surface area contributed by atoms with Crippen LogP contribution in [-0.4, -0.2) is 31.1 Å². The molecule has 100 valence electrons. The fourth-order valence-corrected chi connectivity index (χ4v) is 2.92. The fourth-order valence-electron chi connectivity index (χ4n) is 2.92. The van der Waals surface area contributed by atoms with E-state index in [1.165, 1.54) is 30.6 Å². The molecule has 2 unspecified atom stereocenters. The van der Waals surface area contributed by atoms with Crippen molar-refractivity contribution in [3.8, 4) is 0 Å². The molecule has 1 aliphatic rings. The Morgan fingerprint density at radius 2 is 2.11 bits per heavy atom. The number of nitrogens with zero attached hydrogens (tertiary/aromatic N) is 1. The monoisotopic (exact) mass is 246 g/mol. The van der Waals surface area contributed by atoms with Crippen LogP contribution in [0.25, 0.3) is 0 Å². The van der Waals surface area contributed by atoms with E-state index in [4.69, 9.17) is 0 Å². The van der Waals surface area contributed by atoms with Crippen molar-refractivity contribution in [2.75, 3.05) is 26.2 Å². The number of hydrogen-bond acceptors (Lipinski definition) is 2. The normalized spacial score (nSPS) is 24.3. The molecule has 2 rings (SSSR count). The quantitative estimate of drug-likeness (QED) is 0.863. The van der Waals surface area contributed by atoms with Gasteiger partial charge in [0.1, 0.15) is 0 Å². The van der Waals surface area contributed by atoms with Gasteiger partial charge in [0.15, 0.2) is 0 Å². The van der Waals surface area contributed by atoms with E-state index in [1.807, 2.05) is 0 Å². The number of nitrogens with one attached hydrogen (secondary N) is 1. The van der Waals surface area contributed by atoms with Crippen molar-refractivity contribution < 1.29 is 0 Å². The summed E-state index contributed by atoms with van der Waals surface area (Å²) in [5, 5.41) is 3.52. The first kappa shape index (κ1) is 13.6. The topological polar surface area (TPSA) is 15.3 Å². The van der Waals surface area contributed by atoms with Gasteiger partial charge in [-0.2, -0.15) is 0 Å². The second kappa shape index (κ2) is 6.35. The second-order valence-corrected chi connectivity index (χ2v) is 5.69. The maximum Gasteiger partial charge on any atom is 0.0322 e. The van der Waals surface area contributed by atoms with Crippen LogP contribution in [0.3, 0.4) is 0 Å². The van der Waals surface area contributed by atoms with Crippen molar-refractivity contribution in [2.45, 2.75) is 33.2 Å². The molecule has 0 bridgehead atoms. The minimum absolute atomic E-state index is 0.534. The van der Waals surface area contributed by atoms with Gasteiger partial charge in [-0.15, -0.1) is 0 Å². The Labute approximate surface area is 111 Å². The van der Waals surface area contributed by atoms with Gasteiger partial charge in [0, 0.05) is 12.6 Å². The van der Waals surface area contributed by atoms with Gasteiger partial charge in [0.05, 0.1) is 0 Å². The summed E-state index contributed by atoms with van der Waals surface area (Å²) in [5.74, 6) is 0.733. The smallest absolute Gasteiger partial charge is 0.0322 e. The predicted molar refractivity (Wildman–Crippen MR) is 77.8 cm³/mol. The summed E-state index contributed by atoms with van der Waals surface area (Å²) in [4.78, 5) is 2.65. The highest BCUT2D eigenvalue weighted by atomic mass is 15.2. The number of rotatable bonds is 2. The minimum atomic E-state index is 0.534. The van der Waals surface area contributed by atoms with E-state index in [-0.39, 0.29) is 0 Å². The lowest BCUT2D eigenvalue weighted by molar-refractivity contribution is 0.167. The zero-order valence-electron chi connectivity index (χ0n) is 11.9. The molecule has 0 saturated carbocycles. The molecular weight excluding hydrogens is 220 g/mol. The molecule has 0 radical (unpaired) electrons. The summed E-state index contributed by atoms with van der Waals surface area (Å²) in [6.07, 6.45) is 1.25. The molecule has 0 spiro atoms. The Morgan fingerprint density at radius 3 is 2.89 bits per heavy atom. The van der Waals surface area contributed by atoms with Gasteiger partial charge in [-0.25, -0.2) is 0 Å². The Morgan fingerprint density at radius 1 is 1.33 bits per heavy atom. The van der Waals surface area contributed by atoms with Gasteiger partial charge < -0.3 is 5.32 Å². The molecule has 0 aliphatic carbocycles. The third-order valence-electron chi connectivity index (χ3n) is 4.02. The highest BCUT2D eigenvalue weighted by Gasteiger charge is 2.20. The van der Waals surface area contributed by atoms with Gasteiger partial charge in [-0.3, -0.25) is 4.90 Å². The highest BCUT2D eigenvalue weighted by molar-refractivity contribution is 5.28. The molecule has 2 atom stereocenters. The maximum absolute atomic E-state index is 3.52. The van der Waals surface area contributed by atoms with Crippen LogP contribution in [0.2, 0.25) is 0 Å². The Balaban J connectivity index is 2.10. The van der Waals surface area contributed by atoms with E-state index in [1.54, 1.807) is 0 Å².